The van der Waals surface area contributed by atoms with Crippen LogP contribution in [0.1, 0.15) is 82.7 Å². The normalized spacial score (nSPS) is 14.3. The summed E-state index contributed by atoms with van der Waals surface area (Å²) in [4.78, 5) is 3.81. The first-order valence-corrected chi connectivity index (χ1v) is 12.2. The third kappa shape index (κ3) is 6.59. The van der Waals surface area contributed by atoms with Crippen LogP contribution in [-0.2, 0) is 29.7 Å². The van der Waals surface area contributed by atoms with E-state index in [2.05, 4.69) is 10.1 Å². The van der Waals surface area contributed by atoms with Gasteiger partial charge in [0.25, 0.3) is 0 Å². The molecule has 0 fully saturated rings. The first-order valence-electron chi connectivity index (χ1n) is 10.9. The van der Waals surface area contributed by atoms with Crippen LogP contribution in [0.15, 0.2) is 17.0 Å². The van der Waals surface area contributed by atoms with E-state index in [0.29, 0.717) is 5.69 Å². The topological polar surface area (TPSA) is 38.9 Å². The van der Waals surface area contributed by atoms with Crippen LogP contribution in [-0.4, -0.2) is 23.4 Å². The largest absolute Gasteiger partial charge is 0.495 e. The molecule has 1 atom stereocenters. The number of halogens is 6. The average Bonchev–Trinajstić information content (AvgIpc) is 2.69. The summed E-state index contributed by atoms with van der Waals surface area (Å²) in [6.45, 7) is 11.8. The van der Waals surface area contributed by atoms with Crippen LogP contribution in [0.4, 0.5) is 26.3 Å². The zero-order valence-electron chi connectivity index (χ0n) is 21.4. The predicted molar refractivity (Wildman–Crippen MR) is 123 cm³/mol. The number of nitrogens with zero attached hydrogens (tertiary/aromatic N) is 3. The van der Waals surface area contributed by atoms with Gasteiger partial charge in [-0.1, -0.05) is 53.1 Å². The Morgan fingerprint density at radius 3 is 1.89 bits per heavy atom. The molecule has 0 aliphatic rings. The lowest BCUT2D eigenvalue weighted by Crippen LogP contribution is -2.49. The van der Waals surface area contributed by atoms with Crippen molar-refractivity contribution in [2.75, 3.05) is 13.4 Å². The highest BCUT2D eigenvalue weighted by atomic mass is 32.2. The highest BCUT2D eigenvalue weighted by molar-refractivity contribution is 7.98. The molecule has 2 heterocycles. The average molecular weight is 525 g/mol. The number of hydrogen-bond donors (Lipinski definition) is 0. The lowest BCUT2D eigenvalue weighted by Gasteiger charge is -2.26. The smallest absolute Gasteiger partial charge is 0.481 e. The lowest BCUT2D eigenvalue weighted by atomic mass is 9.87. The van der Waals surface area contributed by atoms with Gasteiger partial charge in [0.05, 0.1) is 17.7 Å². The number of methoxy groups -OCH3 is 1. The minimum Gasteiger partial charge on any atom is -0.495 e. The van der Waals surface area contributed by atoms with Gasteiger partial charge >= 0.3 is 18.0 Å². The van der Waals surface area contributed by atoms with E-state index in [-0.39, 0.29) is 28.4 Å². The molecular formula is C24H32F6N3OS+. The Balaban J connectivity index is 2.80. The summed E-state index contributed by atoms with van der Waals surface area (Å²) in [6, 6.07) is 2.27. The molecule has 0 aromatic carbocycles. The predicted octanol–water partition coefficient (Wildman–Crippen LogP) is 6.93. The lowest BCUT2D eigenvalue weighted by molar-refractivity contribution is -0.774. The van der Waals surface area contributed by atoms with E-state index in [1.165, 1.54) is 13.2 Å². The fourth-order valence-corrected chi connectivity index (χ4v) is 4.26. The number of rotatable bonds is 5. The second-order valence-electron chi connectivity index (χ2n) is 10.5. The summed E-state index contributed by atoms with van der Waals surface area (Å²) in [5.41, 5.74) is -2.76. The van der Waals surface area contributed by atoms with Crippen LogP contribution < -0.4 is 9.42 Å². The van der Waals surface area contributed by atoms with Gasteiger partial charge in [-0.3, -0.25) is 0 Å². The van der Waals surface area contributed by atoms with Gasteiger partial charge < -0.3 is 4.74 Å². The molecular weight excluding hydrogens is 492 g/mol. The number of alkyl halides is 6. The molecule has 0 spiro atoms. The van der Waals surface area contributed by atoms with Crippen LogP contribution in [0.5, 0.6) is 5.75 Å². The minimum absolute atomic E-state index is 0.00215. The Morgan fingerprint density at radius 1 is 0.914 bits per heavy atom. The Morgan fingerprint density at radius 2 is 1.49 bits per heavy atom. The van der Waals surface area contributed by atoms with Crippen molar-refractivity contribution < 1.29 is 35.8 Å². The zero-order chi connectivity index (χ0) is 27.1. The number of thioether (sulfide) groups is 1. The summed E-state index contributed by atoms with van der Waals surface area (Å²) in [7, 11) is 1.31. The molecule has 1 unspecified atom stereocenters. The minimum atomic E-state index is -4.73. The molecule has 0 saturated heterocycles. The van der Waals surface area contributed by atoms with E-state index >= 15 is 0 Å². The molecule has 0 bridgehead atoms. The summed E-state index contributed by atoms with van der Waals surface area (Å²) in [5, 5.41) is 4.29. The second kappa shape index (κ2) is 9.78. The Labute approximate surface area is 206 Å². The number of hydrogen-bond acceptors (Lipinski definition) is 4. The summed E-state index contributed by atoms with van der Waals surface area (Å²) < 4.78 is 89.7. The first-order chi connectivity index (χ1) is 15.7. The molecule has 4 nitrogen and oxygen atoms in total. The Hall–Kier alpha value is -2.04. The maximum atomic E-state index is 14.1. The number of aromatic nitrogens is 3. The van der Waals surface area contributed by atoms with E-state index in [1.54, 1.807) is 34.0 Å². The molecule has 0 saturated carbocycles. The van der Waals surface area contributed by atoms with Gasteiger partial charge in [-0.05, 0) is 23.5 Å². The van der Waals surface area contributed by atoms with Gasteiger partial charge in [-0.2, -0.15) is 26.3 Å². The van der Waals surface area contributed by atoms with Crippen LogP contribution >= 0.6 is 11.8 Å². The third-order valence-corrected chi connectivity index (χ3v) is 6.18. The van der Waals surface area contributed by atoms with E-state index in [4.69, 9.17) is 4.74 Å². The molecule has 2 aromatic heterocycles. The third-order valence-electron chi connectivity index (χ3n) is 5.43. The number of pyridine rings is 1. The van der Waals surface area contributed by atoms with Crippen LogP contribution in [0.3, 0.4) is 0 Å². The molecule has 0 radical (unpaired) electrons. The molecule has 2 aromatic rings. The maximum absolute atomic E-state index is 14.1. The number of ether oxygens (including phenoxy) is 1. The fourth-order valence-electron chi connectivity index (χ4n) is 3.61. The Bertz CT molecular complexity index is 1070. The van der Waals surface area contributed by atoms with Crippen molar-refractivity contribution in [3.8, 4) is 5.75 Å². The zero-order valence-corrected chi connectivity index (χ0v) is 22.2. The molecule has 0 amide bonds. The highest BCUT2D eigenvalue weighted by Crippen LogP contribution is 2.41. The quantitative estimate of drug-likeness (QED) is 0.242. The van der Waals surface area contributed by atoms with E-state index in [1.807, 2.05) is 20.8 Å². The van der Waals surface area contributed by atoms with E-state index < -0.39 is 40.5 Å². The Kier molecular flexibility index (Phi) is 8.16. The summed E-state index contributed by atoms with van der Waals surface area (Å²) in [5.74, 6) is -0.678. The van der Waals surface area contributed by atoms with Crippen molar-refractivity contribution in [3.63, 3.8) is 0 Å². The SMILES string of the molecule is COc1c(C(C)C[n+]2nc(C(C)(C)C)cc(SC)c2C(F)(F)F)cc(C(F)(F)F)nc1C(C)(C)C. The van der Waals surface area contributed by atoms with Crippen LogP contribution in [0.2, 0.25) is 0 Å². The molecule has 11 heteroatoms. The van der Waals surface area contributed by atoms with Gasteiger partial charge in [0.1, 0.15) is 17.1 Å². The van der Waals surface area contributed by atoms with Crippen LogP contribution in [0, 0.1) is 0 Å². The molecule has 0 aliphatic carbocycles. The van der Waals surface area contributed by atoms with Gasteiger partial charge in [0.2, 0.25) is 0 Å². The molecule has 35 heavy (non-hydrogen) atoms. The second-order valence-corrected chi connectivity index (χ2v) is 11.4. The van der Waals surface area contributed by atoms with Gasteiger partial charge in [0, 0.05) is 22.3 Å². The first kappa shape index (κ1) is 29.2. The van der Waals surface area contributed by atoms with E-state index in [0.717, 1.165) is 22.5 Å². The molecule has 196 valence electrons. The monoisotopic (exact) mass is 524 g/mol. The summed E-state index contributed by atoms with van der Waals surface area (Å²) >= 11 is 0.945. The van der Waals surface area contributed by atoms with Gasteiger partial charge in [-0.15, -0.1) is 11.8 Å². The van der Waals surface area contributed by atoms with Crippen molar-refractivity contribution in [1.82, 2.24) is 10.1 Å². The van der Waals surface area contributed by atoms with Crippen molar-refractivity contribution in [3.05, 3.63) is 40.5 Å². The van der Waals surface area contributed by atoms with Crippen molar-refractivity contribution in [2.24, 2.45) is 0 Å². The van der Waals surface area contributed by atoms with Gasteiger partial charge in [0.15, 0.2) is 6.54 Å². The maximum Gasteiger partial charge on any atom is 0.481 e. The molecule has 2 rings (SSSR count). The van der Waals surface area contributed by atoms with Crippen molar-refractivity contribution in [1.29, 1.82) is 0 Å². The summed E-state index contributed by atoms with van der Waals surface area (Å²) in [6.07, 6.45) is -7.90. The van der Waals surface area contributed by atoms with Gasteiger partial charge in [-0.25, -0.2) is 4.98 Å². The van der Waals surface area contributed by atoms with E-state index in [9.17, 15) is 26.3 Å². The fraction of sp³-hybridized carbons (Fsp3) is 0.625. The molecule has 0 aliphatic heterocycles. The van der Waals surface area contributed by atoms with Crippen molar-refractivity contribution in [2.45, 2.75) is 89.0 Å². The molecule has 0 N–H and O–H groups in total. The standard InChI is InChI=1S/C24H32F6N3OS/c1-13(14-10-17(23(25,26)27)31-19(18(14)34-8)22(5,6)7)12-33-20(24(28,29)30)15(35-9)11-16(32-33)21(2,3)4/h10-11,13H,12H2,1-9H3/q+1. The van der Waals surface area contributed by atoms with Crippen molar-refractivity contribution >= 4 is 11.8 Å². The highest BCUT2D eigenvalue weighted by Gasteiger charge is 2.47. The van der Waals surface area contributed by atoms with Crippen LogP contribution in [0.25, 0.3) is 0 Å².